The van der Waals surface area contributed by atoms with Crippen LogP contribution >= 0.6 is 0 Å². The maximum atomic E-state index is 9.16. The molecule has 1 aromatic carbocycles. The van der Waals surface area contributed by atoms with Crippen LogP contribution in [-0.4, -0.2) is 16.7 Å². The Morgan fingerprint density at radius 2 is 2.20 bits per heavy atom. The minimum atomic E-state index is 0.489. The van der Waals surface area contributed by atoms with Crippen LogP contribution in [0.5, 0.6) is 5.75 Å². The summed E-state index contributed by atoms with van der Waals surface area (Å²) in [5.74, 6) is 2.77. The van der Waals surface area contributed by atoms with Crippen molar-refractivity contribution in [2.24, 2.45) is 7.05 Å². The number of imidazole rings is 1. The van der Waals surface area contributed by atoms with Gasteiger partial charge in [-0.3, -0.25) is 0 Å². The van der Waals surface area contributed by atoms with Gasteiger partial charge in [0.25, 0.3) is 0 Å². The van der Waals surface area contributed by atoms with E-state index in [2.05, 4.69) is 11.1 Å². The summed E-state index contributed by atoms with van der Waals surface area (Å²) < 4.78 is 7.10. The van der Waals surface area contributed by atoms with E-state index in [-0.39, 0.29) is 0 Å². The van der Waals surface area contributed by atoms with Crippen LogP contribution in [0.1, 0.15) is 30.1 Å². The van der Waals surface area contributed by atoms with Crippen LogP contribution in [0.4, 0.5) is 5.82 Å². The Balaban J connectivity index is 2.09. The fourth-order valence-corrected chi connectivity index (χ4v) is 2.39. The van der Waals surface area contributed by atoms with Gasteiger partial charge in [-0.25, -0.2) is 4.98 Å². The molecule has 0 spiro atoms. The number of hydrogen-bond donors (Lipinski definition) is 1. The van der Waals surface area contributed by atoms with Crippen LogP contribution in [0.2, 0.25) is 0 Å². The number of ether oxygens (including phenoxy) is 1. The van der Waals surface area contributed by atoms with Gasteiger partial charge in [-0.15, -0.1) is 0 Å². The monoisotopic (exact) mass is 268 g/mol. The van der Waals surface area contributed by atoms with Gasteiger partial charge < -0.3 is 15.0 Å². The molecule has 0 unspecified atom stereocenters. The lowest BCUT2D eigenvalue weighted by molar-refractivity contribution is 0.413. The zero-order valence-electron chi connectivity index (χ0n) is 11.6. The quantitative estimate of drug-likeness (QED) is 0.927. The summed E-state index contributed by atoms with van der Waals surface area (Å²) >= 11 is 0. The number of nitrogens with two attached hydrogens (primary N) is 1. The number of nitriles is 1. The number of nitrogen functional groups attached to an aromatic ring is 1. The number of anilines is 1. The predicted molar refractivity (Wildman–Crippen MR) is 76.3 cm³/mol. The van der Waals surface area contributed by atoms with E-state index in [4.69, 9.17) is 15.7 Å². The van der Waals surface area contributed by atoms with Gasteiger partial charge in [0.2, 0.25) is 0 Å². The van der Waals surface area contributed by atoms with E-state index in [1.54, 1.807) is 19.2 Å². The second-order valence-corrected chi connectivity index (χ2v) is 5.06. The third kappa shape index (κ3) is 1.90. The Morgan fingerprint density at radius 3 is 2.80 bits per heavy atom. The average Bonchev–Trinajstić information content (AvgIpc) is 3.27. The molecule has 20 heavy (non-hydrogen) atoms. The number of hydrogen-bond acceptors (Lipinski definition) is 4. The maximum absolute atomic E-state index is 9.16. The second kappa shape index (κ2) is 4.57. The van der Waals surface area contributed by atoms with Gasteiger partial charge >= 0.3 is 0 Å². The highest BCUT2D eigenvalue weighted by Crippen LogP contribution is 2.42. The van der Waals surface area contributed by atoms with Crippen LogP contribution in [-0.2, 0) is 7.05 Å². The lowest BCUT2D eigenvalue weighted by atomic mass is 10.1. The molecular formula is C15H16N4O. The molecule has 0 saturated heterocycles. The molecular weight excluding hydrogens is 252 g/mol. The fraction of sp³-hybridized carbons (Fsp3) is 0.333. The minimum absolute atomic E-state index is 0.489. The summed E-state index contributed by atoms with van der Waals surface area (Å²) in [5, 5.41) is 9.16. The molecule has 1 heterocycles. The molecule has 0 bridgehead atoms. The van der Waals surface area contributed by atoms with E-state index >= 15 is 0 Å². The van der Waals surface area contributed by atoms with Gasteiger partial charge in [-0.1, -0.05) is 0 Å². The molecule has 2 N–H and O–H groups in total. The normalized spacial score (nSPS) is 14.1. The van der Waals surface area contributed by atoms with E-state index < -0.39 is 0 Å². The van der Waals surface area contributed by atoms with E-state index in [9.17, 15) is 0 Å². The third-order valence-corrected chi connectivity index (χ3v) is 3.71. The Hall–Kier alpha value is -2.48. The van der Waals surface area contributed by atoms with Crippen molar-refractivity contribution in [1.82, 2.24) is 9.55 Å². The van der Waals surface area contributed by atoms with Gasteiger partial charge in [0.15, 0.2) is 0 Å². The van der Waals surface area contributed by atoms with E-state index in [1.807, 2.05) is 17.7 Å². The molecule has 0 atom stereocenters. The fourth-order valence-electron chi connectivity index (χ4n) is 2.39. The van der Waals surface area contributed by atoms with Crippen molar-refractivity contribution in [3.8, 4) is 23.1 Å². The van der Waals surface area contributed by atoms with E-state index in [1.165, 1.54) is 12.8 Å². The first kappa shape index (κ1) is 12.5. The lowest BCUT2D eigenvalue weighted by Crippen LogP contribution is -2.00. The Kier molecular flexibility index (Phi) is 2.87. The van der Waals surface area contributed by atoms with Crippen molar-refractivity contribution in [2.45, 2.75) is 18.8 Å². The molecule has 1 saturated carbocycles. The second-order valence-electron chi connectivity index (χ2n) is 5.06. The van der Waals surface area contributed by atoms with Gasteiger partial charge in [-0.05, 0) is 31.0 Å². The number of nitrogens with zero attached hydrogens (tertiary/aromatic N) is 3. The first-order valence-electron chi connectivity index (χ1n) is 6.56. The summed E-state index contributed by atoms with van der Waals surface area (Å²) in [6, 6.07) is 7.56. The molecule has 1 aliphatic rings. The number of aromatic nitrogens is 2. The summed E-state index contributed by atoms with van der Waals surface area (Å²) in [7, 11) is 3.49. The molecule has 1 aromatic heterocycles. The standard InChI is InChI=1S/C15H16N4O/c1-19-14(17)13(18-15(19)9-3-4-9)10-5-6-12(20-2)11(7-10)8-16/h5-7,9H,3-4,17H2,1-2H3. The van der Waals surface area contributed by atoms with E-state index in [0.29, 0.717) is 23.0 Å². The van der Waals surface area contributed by atoms with Crippen molar-refractivity contribution in [1.29, 1.82) is 5.26 Å². The van der Waals surface area contributed by atoms with Crippen LogP contribution in [0.3, 0.4) is 0 Å². The molecule has 102 valence electrons. The van der Waals surface area contributed by atoms with Gasteiger partial charge in [0.05, 0.1) is 12.7 Å². The highest BCUT2D eigenvalue weighted by atomic mass is 16.5. The number of methoxy groups -OCH3 is 1. The van der Waals surface area contributed by atoms with Crippen molar-refractivity contribution < 1.29 is 4.74 Å². The zero-order chi connectivity index (χ0) is 14.3. The number of rotatable bonds is 3. The molecule has 0 amide bonds. The SMILES string of the molecule is COc1ccc(-c2nc(C3CC3)n(C)c2N)cc1C#N. The summed E-state index contributed by atoms with van der Waals surface area (Å²) in [6.07, 6.45) is 2.35. The van der Waals surface area contributed by atoms with Crippen LogP contribution in [0, 0.1) is 11.3 Å². The van der Waals surface area contributed by atoms with Crippen LogP contribution < -0.4 is 10.5 Å². The minimum Gasteiger partial charge on any atom is -0.495 e. The van der Waals surface area contributed by atoms with Gasteiger partial charge in [0.1, 0.15) is 29.2 Å². The highest BCUT2D eigenvalue weighted by Gasteiger charge is 2.30. The maximum Gasteiger partial charge on any atom is 0.136 e. The van der Waals surface area contributed by atoms with Gasteiger partial charge in [-0.2, -0.15) is 5.26 Å². The Bertz CT molecular complexity index is 707. The molecule has 0 aliphatic heterocycles. The first-order valence-corrected chi connectivity index (χ1v) is 6.56. The Labute approximate surface area is 117 Å². The smallest absolute Gasteiger partial charge is 0.136 e. The topological polar surface area (TPSA) is 76.9 Å². The summed E-state index contributed by atoms with van der Waals surface area (Å²) in [6.45, 7) is 0. The molecule has 1 aliphatic carbocycles. The molecule has 0 radical (unpaired) electrons. The third-order valence-electron chi connectivity index (χ3n) is 3.71. The zero-order valence-corrected chi connectivity index (χ0v) is 11.6. The van der Waals surface area contributed by atoms with Crippen molar-refractivity contribution in [3.63, 3.8) is 0 Å². The largest absolute Gasteiger partial charge is 0.495 e. The van der Waals surface area contributed by atoms with Crippen LogP contribution in [0.15, 0.2) is 18.2 Å². The van der Waals surface area contributed by atoms with Crippen molar-refractivity contribution in [2.75, 3.05) is 12.8 Å². The first-order chi connectivity index (χ1) is 9.65. The molecule has 1 fully saturated rings. The summed E-state index contributed by atoms with van der Waals surface area (Å²) in [4.78, 5) is 4.66. The van der Waals surface area contributed by atoms with E-state index in [0.717, 1.165) is 17.1 Å². The average molecular weight is 268 g/mol. The van der Waals surface area contributed by atoms with Crippen molar-refractivity contribution >= 4 is 5.82 Å². The lowest BCUT2D eigenvalue weighted by Gasteiger charge is -2.05. The molecule has 5 nitrogen and oxygen atoms in total. The van der Waals surface area contributed by atoms with Gasteiger partial charge in [0, 0.05) is 18.5 Å². The molecule has 3 rings (SSSR count). The van der Waals surface area contributed by atoms with Crippen LogP contribution in [0.25, 0.3) is 11.3 Å². The summed E-state index contributed by atoms with van der Waals surface area (Å²) in [5.41, 5.74) is 8.23. The highest BCUT2D eigenvalue weighted by molar-refractivity contribution is 5.73. The number of benzene rings is 1. The van der Waals surface area contributed by atoms with Crippen molar-refractivity contribution in [3.05, 3.63) is 29.6 Å². The predicted octanol–water partition coefficient (Wildman–Crippen LogP) is 2.43. The molecule has 2 aromatic rings. The molecule has 5 heteroatoms. The Morgan fingerprint density at radius 1 is 1.45 bits per heavy atom.